The van der Waals surface area contributed by atoms with E-state index < -0.39 is 0 Å². The molecule has 0 heterocycles. The van der Waals surface area contributed by atoms with E-state index in [4.69, 9.17) is 0 Å². The van der Waals surface area contributed by atoms with Crippen molar-refractivity contribution < 1.29 is 0 Å². The Morgan fingerprint density at radius 2 is 2.06 bits per heavy atom. The van der Waals surface area contributed by atoms with Gasteiger partial charge in [0.25, 0.3) is 0 Å². The lowest BCUT2D eigenvalue weighted by Crippen LogP contribution is -2.26. The molecule has 1 heteroatoms. The van der Waals surface area contributed by atoms with Gasteiger partial charge in [-0.3, -0.25) is 0 Å². The molecule has 16 heavy (non-hydrogen) atoms. The summed E-state index contributed by atoms with van der Waals surface area (Å²) in [7, 11) is 0. The fourth-order valence-corrected chi connectivity index (χ4v) is 2.84. The van der Waals surface area contributed by atoms with E-state index >= 15 is 0 Å². The topological polar surface area (TPSA) is 12.0 Å². The zero-order valence-corrected chi connectivity index (χ0v) is 10.5. The van der Waals surface area contributed by atoms with Gasteiger partial charge < -0.3 is 5.32 Å². The molecule has 1 N–H and O–H groups in total. The zero-order chi connectivity index (χ0) is 11.4. The average Bonchev–Trinajstić information content (AvgIpc) is 2.75. The van der Waals surface area contributed by atoms with Crippen LogP contribution in [-0.4, -0.2) is 12.6 Å². The van der Waals surface area contributed by atoms with E-state index in [1.165, 1.54) is 37.8 Å². The van der Waals surface area contributed by atoms with Crippen molar-refractivity contribution in [3.05, 3.63) is 35.4 Å². The molecule has 0 aromatic heterocycles. The Balaban J connectivity index is 1.96. The van der Waals surface area contributed by atoms with Gasteiger partial charge in [0.05, 0.1) is 0 Å². The molecule has 1 aromatic rings. The highest BCUT2D eigenvalue weighted by Crippen LogP contribution is 2.35. The summed E-state index contributed by atoms with van der Waals surface area (Å²) in [5.41, 5.74) is 3.03. The van der Waals surface area contributed by atoms with Crippen molar-refractivity contribution in [3.8, 4) is 0 Å². The number of nitrogens with one attached hydrogen (secondary N) is 1. The summed E-state index contributed by atoms with van der Waals surface area (Å²) < 4.78 is 0. The van der Waals surface area contributed by atoms with Crippen LogP contribution in [0.15, 0.2) is 24.3 Å². The Morgan fingerprint density at radius 3 is 2.81 bits per heavy atom. The van der Waals surface area contributed by atoms with Gasteiger partial charge >= 0.3 is 0 Å². The zero-order valence-electron chi connectivity index (χ0n) is 10.5. The first-order valence-corrected chi connectivity index (χ1v) is 6.60. The quantitative estimate of drug-likeness (QED) is 0.812. The third kappa shape index (κ3) is 2.65. The van der Waals surface area contributed by atoms with Crippen molar-refractivity contribution in [2.75, 3.05) is 6.54 Å². The highest BCUT2D eigenvalue weighted by atomic mass is 14.9. The summed E-state index contributed by atoms with van der Waals surface area (Å²) in [5.74, 6) is 0.788. The highest BCUT2D eigenvalue weighted by molar-refractivity contribution is 5.30. The second-order valence-corrected chi connectivity index (χ2v) is 5.02. The van der Waals surface area contributed by atoms with Gasteiger partial charge in [0.1, 0.15) is 0 Å². The lowest BCUT2D eigenvalue weighted by atomic mass is 9.93. The molecule has 88 valence electrons. The summed E-state index contributed by atoms with van der Waals surface area (Å²) in [6, 6.07) is 9.62. The molecule has 1 aromatic carbocycles. The Labute approximate surface area is 99.3 Å². The van der Waals surface area contributed by atoms with Gasteiger partial charge in [0.2, 0.25) is 0 Å². The molecule has 0 amide bonds. The van der Waals surface area contributed by atoms with Crippen LogP contribution in [0.2, 0.25) is 0 Å². The number of hydrogen-bond donors (Lipinski definition) is 1. The van der Waals surface area contributed by atoms with Gasteiger partial charge in [-0.1, -0.05) is 31.2 Å². The highest BCUT2D eigenvalue weighted by Gasteiger charge is 2.25. The molecule has 1 saturated carbocycles. The predicted molar refractivity (Wildman–Crippen MR) is 69.9 cm³/mol. The SMILES string of the molecule is CCCNC1CCC(c2ccccc2C)C1. The van der Waals surface area contributed by atoms with Crippen LogP contribution >= 0.6 is 0 Å². The lowest BCUT2D eigenvalue weighted by Gasteiger charge is -2.14. The van der Waals surface area contributed by atoms with Gasteiger partial charge in [-0.05, 0) is 56.2 Å². The van der Waals surface area contributed by atoms with E-state index in [0.717, 1.165) is 12.0 Å². The van der Waals surface area contributed by atoms with E-state index in [9.17, 15) is 0 Å². The van der Waals surface area contributed by atoms with Crippen molar-refractivity contribution in [1.82, 2.24) is 5.32 Å². The second kappa shape index (κ2) is 5.49. The van der Waals surface area contributed by atoms with Crippen molar-refractivity contribution in [2.24, 2.45) is 0 Å². The molecule has 2 rings (SSSR count). The summed E-state index contributed by atoms with van der Waals surface area (Å²) in [6.07, 6.45) is 5.27. The number of benzene rings is 1. The molecule has 1 aliphatic rings. The molecule has 0 aliphatic heterocycles. The first kappa shape index (κ1) is 11.7. The fourth-order valence-electron chi connectivity index (χ4n) is 2.84. The van der Waals surface area contributed by atoms with Crippen LogP contribution in [0.1, 0.15) is 49.7 Å². The van der Waals surface area contributed by atoms with Crippen molar-refractivity contribution in [3.63, 3.8) is 0 Å². The van der Waals surface area contributed by atoms with Gasteiger partial charge in [0.15, 0.2) is 0 Å². The van der Waals surface area contributed by atoms with Crippen LogP contribution in [-0.2, 0) is 0 Å². The number of aryl methyl sites for hydroxylation is 1. The molecule has 1 nitrogen and oxygen atoms in total. The van der Waals surface area contributed by atoms with E-state index in [2.05, 4.69) is 43.4 Å². The van der Waals surface area contributed by atoms with E-state index in [1.54, 1.807) is 5.56 Å². The summed E-state index contributed by atoms with van der Waals surface area (Å²) >= 11 is 0. The average molecular weight is 217 g/mol. The molecule has 0 bridgehead atoms. The fraction of sp³-hybridized carbons (Fsp3) is 0.600. The Bertz CT molecular complexity index is 332. The van der Waals surface area contributed by atoms with Crippen molar-refractivity contribution in [2.45, 2.75) is 51.5 Å². The maximum Gasteiger partial charge on any atom is 0.00731 e. The molecular weight excluding hydrogens is 194 g/mol. The maximum atomic E-state index is 3.65. The molecule has 0 saturated heterocycles. The lowest BCUT2D eigenvalue weighted by molar-refractivity contribution is 0.517. The maximum absolute atomic E-state index is 3.65. The molecule has 0 spiro atoms. The van der Waals surface area contributed by atoms with Crippen LogP contribution in [0, 0.1) is 6.92 Å². The molecule has 1 aliphatic carbocycles. The number of rotatable bonds is 4. The standard InChI is InChI=1S/C15H23N/c1-3-10-16-14-9-8-13(11-14)15-7-5-4-6-12(15)2/h4-7,13-14,16H,3,8-11H2,1-2H3. The second-order valence-electron chi connectivity index (χ2n) is 5.02. The van der Waals surface area contributed by atoms with Crippen LogP contribution in [0.3, 0.4) is 0 Å². The largest absolute Gasteiger partial charge is 0.314 e. The van der Waals surface area contributed by atoms with Crippen molar-refractivity contribution in [1.29, 1.82) is 0 Å². The summed E-state index contributed by atoms with van der Waals surface area (Å²) in [5, 5.41) is 3.65. The number of hydrogen-bond acceptors (Lipinski definition) is 1. The molecule has 2 atom stereocenters. The third-order valence-corrected chi connectivity index (χ3v) is 3.74. The van der Waals surface area contributed by atoms with E-state index in [-0.39, 0.29) is 0 Å². The predicted octanol–water partition coefficient (Wildman–Crippen LogP) is 3.63. The van der Waals surface area contributed by atoms with E-state index in [1.807, 2.05) is 0 Å². The molecular formula is C15H23N. The van der Waals surface area contributed by atoms with Gasteiger partial charge in [-0.25, -0.2) is 0 Å². The molecule has 2 unspecified atom stereocenters. The summed E-state index contributed by atoms with van der Waals surface area (Å²) in [6.45, 7) is 5.65. The minimum Gasteiger partial charge on any atom is -0.314 e. The first-order valence-electron chi connectivity index (χ1n) is 6.60. The normalized spacial score (nSPS) is 24.9. The van der Waals surface area contributed by atoms with Crippen LogP contribution in [0.5, 0.6) is 0 Å². The van der Waals surface area contributed by atoms with Crippen LogP contribution in [0.4, 0.5) is 0 Å². The Kier molecular flexibility index (Phi) is 4.00. The van der Waals surface area contributed by atoms with E-state index in [0.29, 0.717) is 0 Å². The third-order valence-electron chi connectivity index (χ3n) is 3.74. The van der Waals surface area contributed by atoms with Crippen LogP contribution in [0.25, 0.3) is 0 Å². The van der Waals surface area contributed by atoms with Gasteiger partial charge in [-0.2, -0.15) is 0 Å². The first-order chi connectivity index (χ1) is 7.81. The van der Waals surface area contributed by atoms with Crippen molar-refractivity contribution >= 4 is 0 Å². The Morgan fingerprint density at radius 1 is 1.25 bits per heavy atom. The summed E-state index contributed by atoms with van der Waals surface area (Å²) in [4.78, 5) is 0. The minimum absolute atomic E-state index is 0.754. The molecule has 0 radical (unpaired) electrons. The monoisotopic (exact) mass is 217 g/mol. The minimum atomic E-state index is 0.754. The smallest absolute Gasteiger partial charge is 0.00731 e. The van der Waals surface area contributed by atoms with Crippen LogP contribution < -0.4 is 5.32 Å². The van der Waals surface area contributed by atoms with Gasteiger partial charge in [-0.15, -0.1) is 0 Å². The Hall–Kier alpha value is -0.820. The van der Waals surface area contributed by atoms with Gasteiger partial charge in [0, 0.05) is 6.04 Å². The molecule has 1 fully saturated rings.